The monoisotopic (exact) mass is 176 g/mol. The van der Waals surface area contributed by atoms with Crippen molar-refractivity contribution in [1.29, 1.82) is 0 Å². The first-order chi connectivity index (χ1) is 3.95. The molecule has 0 unspecified atom stereocenters. The van der Waals surface area contributed by atoms with E-state index in [1.54, 1.807) is 0 Å². The van der Waals surface area contributed by atoms with Crippen molar-refractivity contribution in [2.45, 2.75) is 5.51 Å². The van der Waals surface area contributed by atoms with Crippen LogP contribution in [0.25, 0.3) is 0 Å². The summed E-state index contributed by atoms with van der Waals surface area (Å²) in [5, 5.41) is 0. The van der Waals surface area contributed by atoms with Crippen molar-refractivity contribution in [2.75, 3.05) is 7.11 Å². The zero-order chi connectivity index (χ0) is 7.49. The molecule has 0 aliphatic heterocycles. The number of alkyl halides is 3. The topological polar surface area (TPSA) is 9.23 Å². The Balaban J connectivity index is 3.60. The molecule has 9 heavy (non-hydrogen) atoms. The van der Waals surface area contributed by atoms with Crippen molar-refractivity contribution in [3.8, 4) is 0 Å². The molecule has 0 saturated heterocycles. The Labute approximate surface area is 59.6 Å². The van der Waals surface area contributed by atoms with E-state index in [0.29, 0.717) is 0 Å². The molecule has 0 N–H and O–H groups in total. The standard InChI is InChI=1S/C3H3F3OS2/c1-7-2(8)9-3(4,5)6/h1H3. The minimum atomic E-state index is -4.33. The van der Waals surface area contributed by atoms with Crippen LogP contribution >= 0.6 is 24.0 Å². The van der Waals surface area contributed by atoms with Crippen LogP contribution in [0.15, 0.2) is 0 Å². The molecule has 0 amide bonds. The van der Waals surface area contributed by atoms with E-state index in [-0.39, 0.29) is 0 Å². The van der Waals surface area contributed by atoms with Crippen molar-refractivity contribution in [2.24, 2.45) is 0 Å². The SMILES string of the molecule is COC(=S)SC(F)(F)F. The van der Waals surface area contributed by atoms with Crippen molar-refractivity contribution < 1.29 is 17.9 Å². The first kappa shape index (κ1) is 9.03. The Morgan fingerprint density at radius 2 is 2.00 bits per heavy atom. The highest BCUT2D eigenvalue weighted by atomic mass is 32.2. The van der Waals surface area contributed by atoms with Crippen molar-refractivity contribution in [1.82, 2.24) is 0 Å². The largest absolute Gasteiger partial charge is 0.482 e. The Morgan fingerprint density at radius 1 is 1.56 bits per heavy atom. The van der Waals surface area contributed by atoms with Crippen molar-refractivity contribution >= 4 is 28.4 Å². The molecular weight excluding hydrogens is 173 g/mol. The van der Waals surface area contributed by atoms with E-state index in [4.69, 9.17) is 0 Å². The predicted octanol–water partition coefficient (Wildman–Crippen LogP) is 2.17. The lowest BCUT2D eigenvalue weighted by Crippen LogP contribution is -2.05. The van der Waals surface area contributed by atoms with Gasteiger partial charge in [0.05, 0.1) is 7.11 Å². The minimum Gasteiger partial charge on any atom is -0.482 e. The Morgan fingerprint density at radius 3 is 2.11 bits per heavy atom. The van der Waals surface area contributed by atoms with Gasteiger partial charge in [0, 0.05) is 11.8 Å². The second kappa shape index (κ2) is 3.26. The van der Waals surface area contributed by atoms with Crippen LogP contribution in [0.5, 0.6) is 0 Å². The summed E-state index contributed by atoms with van der Waals surface area (Å²) in [5.74, 6) is 0. The first-order valence-corrected chi connectivity index (χ1v) is 3.02. The smallest absolute Gasteiger partial charge is 0.450 e. The van der Waals surface area contributed by atoms with Crippen LogP contribution in [0, 0.1) is 0 Å². The van der Waals surface area contributed by atoms with Gasteiger partial charge in [0.15, 0.2) is 0 Å². The molecule has 0 atom stereocenters. The molecule has 0 aromatic rings. The van der Waals surface area contributed by atoms with Gasteiger partial charge in [0.25, 0.3) is 0 Å². The molecule has 0 radical (unpaired) electrons. The van der Waals surface area contributed by atoms with Crippen LogP contribution in [0.3, 0.4) is 0 Å². The molecule has 54 valence electrons. The number of hydrogen-bond acceptors (Lipinski definition) is 3. The molecule has 0 aromatic carbocycles. The minimum absolute atomic E-state index is 0.434. The Hall–Kier alpha value is 0.0300. The number of halogens is 3. The molecule has 0 heterocycles. The number of methoxy groups -OCH3 is 1. The molecule has 6 heteroatoms. The highest BCUT2D eigenvalue weighted by molar-refractivity contribution is 8.23. The highest BCUT2D eigenvalue weighted by Crippen LogP contribution is 2.31. The van der Waals surface area contributed by atoms with Gasteiger partial charge in [-0.25, -0.2) is 0 Å². The highest BCUT2D eigenvalue weighted by Gasteiger charge is 2.31. The van der Waals surface area contributed by atoms with Gasteiger partial charge >= 0.3 is 5.51 Å². The lowest BCUT2D eigenvalue weighted by Gasteiger charge is -2.03. The predicted molar refractivity (Wildman–Crippen MR) is 33.3 cm³/mol. The fraction of sp³-hybridized carbons (Fsp3) is 0.667. The van der Waals surface area contributed by atoms with E-state index < -0.39 is 21.7 Å². The zero-order valence-electron chi connectivity index (χ0n) is 4.36. The average molecular weight is 176 g/mol. The van der Waals surface area contributed by atoms with Crippen LogP contribution in [0.1, 0.15) is 0 Å². The third-order valence-corrected chi connectivity index (χ3v) is 1.35. The molecule has 0 saturated carbocycles. The maximum atomic E-state index is 11.3. The molecule has 0 fully saturated rings. The summed E-state index contributed by atoms with van der Waals surface area (Å²) < 4.78 is 37.5. The van der Waals surface area contributed by atoms with E-state index >= 15 is 0 Å². The second-order valence-electron chi connectivity index (χ2n) is 1.00. The van der Waals surface area contributed by atoms with Crippen LogP contribution in [-0.4, -0.2) is 17.0 Å². The van der Waals surface area contributed by atoms with Gasteiger partial charge < -0.3 is 4.74 Å². The molecule has 0 spiro atoms. The van der Waals surface area contributed by atoms with Gasteiger partial charge in [-0.05, 0) is 12.2 Å². The average Bonchev–Trinajstić information content (AvgIpc) is 1.62. The quantitative estimate of drug-likeness (QED) is 0.523. The van der Waals surface area contributed by atoms with Crippen LogP contribution in [-0.2, 0) is 4.74 Å². The lowest BCUT2D eigenvalue weighted by atomic mass is 11.5. The zero-order valence-corrected chi connectivity index (χ0v) is 5.99. The fourth-order valence-electron chi connectivity index (χ4n) is 0.136. The van der Waals surface area contributed by atoms with Crippen LogP contribution in [0.2, 0.25) is 0 Å². The summed E-state index contributed by atoms with van der Waals surface area (Å²) in [7, 11) is 1.10. The number of hydrogen-bond donors (Lipinski definition) is 0. The molecule has 0 aliphatic rings. The van der Waals surface area contributed by atoms with Gasteiger partial charge in [-0.2, -0.15) is 13.2 Å². The normalized spacial score (nSPS) is 11.1. The molecule has 0 aromatic heterocycles. The summed E-state index contributed by atoms with van der Waals surface area (Å²) in [4.78, 5) is 0. The number of thiocarbonyl (C=S) groups is 1. The summed E-state index contributed by atoms with van der Waals surface area (Å²) in [6.45, 7) is 0. The summed E-state index contributed by atoms with van der Waals surface area (Å²) >= 11 is 3.69. The number of ether oxygens (including phenoxy) is 1. The maximum absolute atomic E-state index is 11.3. The summed E-state index contributed by atoms with van der Waals surface area (Å²) in [6.07, 6.45) is 0. The van der Waals surface area contributed by atoms with E-state index in [0.717, 1.165) is 7.11 Å². The van der Waals surface area contributed by atoms with Gasteiger partial charge in [0.2, 0.25) is 4.38 Å². The third kappa shape index (κ3) is 5.91. The summed E-state index contributed by atoms with van der Waals surface area (Å²) in [5.41, 5.74) is -4.33. The van der Waals surface area contributed by atoms with Crippen molar-refractivity contribution in [3.05, 3.63) is 0 Å². The second-order valence-corrected chi connectivity index (χ2v) is 2.67. The van der Waals surface area contributed by atoms with E-state index in [2.05, 4.69) is 17.0 Å². The molecule has 0 aliphatic carbocycles. The van der Waals surface area contributed by atoms with Crippen molar-refractivity contribution in [3.63, 3.8) is 0 Å². The maximum Gasteiger partial charge on any atom is 0.450 e. The van der Waals surface area contributed by atoms with E-state index in [1.807, 2.05) is 0 Å². The van der Waals surface area contributed by atoms with Crippen LogP contribution in [0.4, 0.5) is 13.2 Å². The van der Waals surface area contributed by atoms with E-state index in [1.165, 1.54) is 0 Å². The lowest BCUT2D eigenvalue weighted by molar-refractivity contribution is -0.0318. The van der Waals surface area contributed by atoms with Gasteiger partial charge in [-0.1, -0.05) is 0 Å². The molecule has 0 bridgehead atoms. The molecule has 1 nitrogen and oxygen atoms in total. The molecule has 0 rings (SSSR count). The van der Waals surface area contributed by atoms with Gasteiger partial charge in [0.1, 0.15) is 0 Å². The van der Waals surface area contributed by atoms with Crippen LogP contribution < -0.4 is 0 Å². The Kier molecular flexibility index (Phi) is 3.27. The van der Waals surface area contributed by atoms with Gasteiger partial charge in [-0.3, -0.25) is 0 Å². The fourth-order valence-corrected chi connectivity index (χ4v) is 0.692. The Bertz CT molecular complexity index is 110. The number of rotatable bonds is 0. The summed E-state index contributed by atoms with van der Waals surface area (Å²) in [6, 6.07) is 0. The molecular formula is C3H3F3OS2. The third-order valence-electron chi connectivity index (χ3n) is 0.366. The first-order valence-electron chi connectivity index (χ1n) is 1.79. The van der Waals surface area contributed by atoms with Gasteiger partial charge in [-0.15, -0.1) is 0 Å². The number of thioether (sulfide) groups is 1. The van der Waals surface area contributed by atoms with E-state index in [9.17, 15) is 13.2 Å².